The van der Waals surface area contributed by atoms with E-state index in [0.29, 0.717) is 42.1 Å². The molecule has 4 rings (SSSR count). The van der Waals surface area contributed by atoms with E-state index >= 15 is 0 Å². The lowest BCUT2D eigenvalue weighted by Crippen LogP contribution is -2.34. The van der Waals surface area contributed by atoms with Crippen molar-refractivity contribution in [1.82, 2.24) is 9.78 Å². The number of hydrogen-bond donors (Lipinski definition) is 1. The Morgan fingerprint density at radius 2 is 2.11 bits per heavy atom. The summed E-state index contributed by atoms with van der Waals surface area (Å²) in [7, 11) is 0. The fraction of sp³-hybridized carbons (Fsp3) is 0.524. The number of rotatable bonds is 6. The van der Waals surface area contributed by atoms with Gasteiger partial charge in [0.2, 0.25) is 0 Å². The van der Waals surface area contributed by atoms with E-state index in [1.165, 1.54) is 18.5 Å². The minimum atomic E-state index is 0.00533. The molecule has 1 aromatic heterocycles. The highest BCUT2D eigenvalue weighted by molar-refractivity contribution is 5.84. The quantitative estimate of drug-likeness (QED) is 0.786. The van der Waals surface area contributed by atoms with E-state index in [-0.39, 0.29) is 11.3 Å². The average molecular weight is 370 g/mol. The molecule has 1 aromatic carbocycles. The van der Waals surface area contributed by atoms with Crippen LogP contribution in [0.4, 0.5) is 0 Å². The summed E-state index contributed by atoms with van der Waals surface area (Å²) in [6.07, 6.45) is 7.14. The van der Waals surface area contributed by atoms with E-state index < -0.39 is 0 Å². The van der Waals surface area contributed by atoms with E-state index in [4.69, 9.17) is 9.47 Å². The van der Waals surface area contributed by atoms with Crippen molar-refractivity contribution in [2.75, 3.05) is 19.8 Å². The molecule has 6 heteroatoms. The van der Waals surface area contributed by atoms with Gasteiger partial charge in [-0.05, 0) is 37.5 Å². The number of ether oxygens (including phenoxy) is 2. The highest BCUT2D eigenvalue weighted by Crippen LogP contribution is 2.40. The fourth-order valence-corrected chi connectivity index (χ4v) is 4.22. The van der Waals surface area contributed by atoms with Gasteiger partial charge in [-0.3, -0.25) is 9.48 Å². The molecule has 1 N–H and O–H groups in total. The maximum absolute atomic E-state index is 11.4. The molecule has 1 aliphatic carbocycles. The molecule has 0 bridgehead atoms. The number of carbonyl (C=O) groups excluding carboxylic acids is 1. The summed E-state index contributed by atoms with van der Waals surface area (Å²) < 4.78 is 13.5. The normalized spacial score (nSPS) is 23.0. The molecule has 1 saturated carbocycles. The zero-order chi connectivity index (χ0) is 18.8. The van der Waals surface area contributed by atoms with Gasteiger partial charge >= 0.3 is 0 Å². The van der Waals surface area contributed by atoms with Crippen molar-refractivity contribution in [2.45, 2.75) is 44.6 Å². The molecule has 1 aliphatic heterocycles. The predicted molar refractivity (Wildman–Crippen MR) is 101 cm³/mol. The van der Waals surface area contributed by atoms with Gasteiger partial charge in [0.1, 0.15) is 11.5 Å². The Bertz CT molecular complexity index is 813. The van der Waals surface area contributed by atoms with Gasteiger partial charge in [-0.1, -0.05) is 18.9 Å². The zero-order valence-electron chi connectivity index (χ0n) is 15.6. The first-order chi connectivity index (χ1) is 13.2. The number of carbonyl (C=O) groups is 1. The molecule has 0 radical (unpaired) electrons. The van der Waals surface area contributed by atoms with Gasteiger partial charge < -0.3 is 14.6 Å². The molecule has 144 valence electrons. The standard InChI is InChI=1S/C21H26N2O4/c1-14-6-7-20(18(10-24)21(14)25)27-11-15-4-2-3-5-17(15)19-8-9-22-23(19)16-12-26-13-16/h6-10,15-17,25H,2-5,11-13H2,1H3. The number of phenols is 1. The number of aldehydes is 1. The number of aromatic hydroxyl groups is 1. The summed E-state index contributed by atoms with van der Waals surface area (Å²) in [5, 5.41) is 14.6. The van der Waals surface area contributed by atoms with Crippen LogP contribution in [-0.2, 0) is 4.74 Å². The van der Waals surface area contributed by atoms with Crippen LogP contribution in [0.25, 0.3) is 0 Å². The van der Waals surface area contributed by atoms with Crippen LogP contribution in [0.5, 0.6) is 11.5 Å². The van der Waals surface area contributed by atoms with E-state index in [2.05, 4.69) is 15.8 Å². The number of hydrogen-bond acceptors (Lipinski definition) is 5. The van der Waals surface area contributed by atoms with Crippen LogP contribution in [0.2, 0.25) is 0 Å². The van der Waals surface area contributed by atoms with Gasteiger partial charge in [-0.2, -0.15) is 5.10 Å². The van der Waals surface area contributed by atoms with Crippen molar-refractivity contribution < 1.29 is 19.4 Å². The molecule has 0 spiro atoms. The van der Waals surface area contributed by atoms with Crippen LogP contribution in [0.3, 0.4) is 0 Å². The first-order valence-electron chi connectivity index (χ1n) is 9.70. The van der Waals surface area contributed by atoms with Gasteiger partial charge in [0.25, 0.3) is 0 Å². The molecule has 2 heterocycles. The first-order valence-corrected chi connectivity index (χ1v) is 9.70. The number of phenolic OH excluding ortho intramolecular Hbond substituents is 1. The lowest BCUT2D eigenvalue weighted by Gasteiger charge is -2.35. The third-order valence-electron chi connectivity index (χ3n) is 5.91. The SMILES string of the molecule is Cc1ccc(OCC2CCCCC2c2ccnn2C2COC2)c(C=O)c1O. The molecule has 2 aliphatic rings. The monoisotopic (exact) mass is 370 g/mol. The summed E-state index contributed by atoms with van der Waals surface area (Å²) in [6, 6.07) is 6.01. The minimum absolute atomic E-state index is 0.00533. The van der Waals surface area contributed by atoms with Crippen LogP contribution < -0.4 is 4.74 Å². The number of nitrogens with zero attached hydrogens (tertiary/aromatic N) is 2. The second-order valence-electron chi connectivity index (χ2n) is 7.61. The van der Waals surface area contributed by atoms with Crippen LogP contribution in [0.15, 0.2) is 24.4 Å². The van der Waals surface area contributed by atoms with Crippen LogP contribution >= 0.6 is 0 Å². The van der Waals surface area contributed by atoms with Gasteiger partial charge in [0.15, 0.2) is 6.29 Å². The molecule has 0 amide bonds. The summed E-state index contributed by atoms with van der Waals surface area (Å²) in [4.78, 5) is 11.4. The Labute approximate surface area is 159 Å². The molecule has 2 fully saturated rings. The first kappa shape index (κ1) is 18.0. The smallest absolute Gasteiger partial charge is 0.157 e. The number of aromatic nitrogens is 2. The Hall–Kier alpha value is -2.34. The largest absolute Gasteiger partial charge is 0.507 e. The molecule has 2 atom stereocenters. The highest BCUT2D eigenvalue weighted by atomic mass is 16.5. The Balaban J connectivity index is 1.52. The minimum Gasteiger partial charge on any atom is -0.507 e. The van der Waals surface area contributed by atoms with Gasteiger partial charge in [0.05, 0.1) is 31.4 Å². The average Bonchev–Trinajstić information content (AvgIpc) is 3.10. The zero-order valence-corrected chi connectivity index (χ0v) is 15.6. The Morgan fingerprint density at radius 1 is 1.30 bits per heavy atom. The molecule has 2 unspecified atom stereocenters. The summed E-state index contributed by atoms with van der Waals surface area (Å²) in [5.74, 6) is 1.21. The molecular weight excluding hydrogens is 344 g/mol. The molecule has 6 nitrogen and oxygen atoms in total. The molecule has 27 heavy (non-hydrogen) atoms. The van der Waals surface area contributed by atoms with Crippen molar-refractivity contribution in [3.8, 4) is 11.5 Å². The molecular formula is C21H26N2O4. The van der Waals surface area contributed by atoms with Gasteiger partial charge in [0, 0.05) is 23.7 Å². The van der Waals surface area contributed by atoms with Crippen molar-refractivity contribution >= 4 is 6.29 Å². The van der Waals surface area contributed by atoms with Crippen LogP contribution in [0.1, 0.15) is 59.3 Å². The maximum atomic E-state index is 11.4. The lowest BCUT2D eigenvalue weighted by atomic mass is 9.77. The molecule has 2 aromatic rings. The fourth-order valence-electron chi connectivity index (χ4n) is 4.22. The second-order valence-corrected chi connectivity index (χ2v) is 7.61. The number of aryl methyl sites for hydroxylation is 1. The van der Waals surface area contributed by atoms with Crippen molar-refractivity contribution in [2.24, 2.45) is 5.92 Å². The predicted octanol–water partition coefficient (Wildman–Crippen LogP) is 3.63. The summed E-state index contributed by atoms with van der Waals surface area (Å²) in [5.41, 5.74) is 2.17. The maximum Gasteiger partial charge on any atom is 0.157 e. The topological polar surface area (TPSA) is 73.6 Å². The van der Waals surface area contributed by atoms with Gasteiger partial charge in [-0.15, -0.1) is 0 Å². The van der Waals surface area contributed by atoms with E-state index in [0.717, 1.165) is 26.1 Å². The van der Waals surface area contributed by atoms with Crippen molar-refractivity contribution in [3.05, 3.63) is 41.2 Å². The van der Waals surface area contributed by atoms with Crippen molar-refractivity contribution in [1.29, 1.82) is 0 Å². The molecule has 1 saturated heterocycles. The van der Waals surface area contributed by atoms with Crippen molar-refractivity contribution in [3.63, 3.8) is 0 Å². The van der Waals surface area contributed by atoms with Crippen LogP contribution in [0, 0.1) is 12.8 Å². The van der Waals surface area contributed by atoms with E-state index in [9.17, 15) is 9.90 Å². The lowest BCUT2D eigenvalue weighted by molar-refractivity contribution is -0.0310. The number of benzene rings is 1. The van der Waals surface area contributed by atoms with Gasteiger partial charge in [-0.25, -0.2) is 0 Å². The third-order valence-corrected chi connectivity index (χ3v) is 5.91. The van der Waals surface area contributed by atoms with Crippen LogP contribution in [-0.4, -0.2) is 41.0 Å². The van der Waals surface area contributed by atoms with E-state index in [1.807, 2.05) is 6.20 Å². The summed E-state index contributed by atoms with van der Waals surface area (Å²) in [6.45, 7) is 3.76. The third kappa shape index (κ3) is 3.46. The van der Waals surface area contributed by atoms with E-state index in [1.54, 1.807) is 19.1 Å². The summed E-state index contributed by atoms with van der Waals surface area (Å²) >= 11 is 0. The Morgan fingerprint density at radius 3 is 2.85 bits per heavy atom. The Kier molecular flexibility index (Phi) is 5.16. The highest BCUT2D eigenvalue weighted by Gasteiger charge is 2.32. The second kappa shape index (κ2) is 7.72.